The maximum Gasteiger partial charge on any atom is 0.167 e. The van der Waals surface area contributed by atoms with Crippen molar-refractivity contribution in [2.24, 2.45) is 0 Å². The van der Waals surface area contributed by atoms with Crippen LogP contribution in [0.4, 0.5) is 0 Å². The molecule has 1 aromatic heterocycles. The van der Waals surface area contributed by atoms with E-state index in [0.717, 1.165) is 11.3 Å². The Kier molecular flexibility index (Phi) is 4.19. The van der Waals surface area contributed by atoms with Crippen LogP contribution in [0.3, 0.4) is 0 Å². The lowest BCUT2D eigenvalue weighted by Gasteiger charge is -2.19. The lowest BCUT2D eigenvalue weighted by molar-refractivity contribution is 0.392. The van der Waals surface area contributed by atoms with Crippen molar-refractivity contribution < 1.29 is 4.52 Å². The molecule has 19 heavy (non-hydrogen) atoms. The Morgan fingerprint density at radius 3 is 2.53 bits per heavy atom. The molecule has 0 aliphatic rings. The summed E-state index contributed by atoms with van der Waals surface area (Å²) in [7, 11) is 0. The molecule has 1 heterocycles. The predicted octanol–water partition coefficient (Wildman–Crippen LogP) is 4.54. The highest BCUT2D eigenvalue weighted by atomic mass is 35.5. The molecule has 0 unspecified atom stereocenters. The molecule has 0 aliphatic carbocycles. The molecule has 2 aromatic rings. The number of benzene rings is 1. The Morgan fingerprint density at radius 2 is 1.89 bits per heavy atom. The van der Waals surface area contributed by atoms with Crippen LogP contribution in [0.15, 0.2) is 28.8 Å². The van der Waals surface area contributed by atoms with E-state index >= 15 is 0 Å². The normalized spacial score (nSPS) is 11.8. The average molecular weight is 299 g/mol. The fourth-order valence-corrected chi connectivity index (χ4v) is 1.83. The fraction of sp³-hybridized carbons (Fsp3) is 0.357. The summed E-state index contributed by atoms with van der Waals surface area (Å²) < 4.78 is 5.32. The van der Waals surface area contributed by atoms with Crippen LogP contribution in [0.2, 0.25) is 10.0 Å². The lowest BCUT2D eigenvalue weighted by Crippen LogP contribution is -2.35. The summed E-state index contributed by atoms with van der Waals surface area (Å²) in [6, 6.07) is 7.27. The van der Waals surface area contributed by atoms with Gasteiger partial charge in [0.05, 0.1) is 15.7 Å². The van der Waals surface area contributed by atoms with Crippen LogP contribution in [0.1, 0.15) is 26.5 Å². The molecule has 0 aliphatic heterocycles. The summed E-state index contributed by atoms with van der Waals surface area (Å²) in [5, 5.41) is 8.42. The minimum absolute atomic E-state index is 0.0443. The molecule has 3 nitrogen and oxygen atoms in total. The first-order valence-corrected chi connectivity index (χ1v) is 6.77. The molecule has 1 aromatic carbocycles. The van der Waals surface area contributed by atoms with Crippen molar-refractivity contribution in [3.05, 3.63) is 40.0 Å². The predicted molar refractivity (Wildman–Crippen MR) is 78.6 cm³/mol. The van der Waals surface area contributed by atoms with Crippen LogP contribution >= 0.6 is 23.2 Å². The molecule has 0 saturated heterocycles. The van der Waals surface area contributed by atoms with Gasteiger partial charge in [-0.1, -0.05) is 28.4 Å². The number of halogens is 2. The Morgan fingerprint density at radius 1 is 1.16 bits per heavy atom. The minimum Gasteiger partial charge on any atom is -0.356 e. The van der Waals surface area contributed by atoms with Crippen LogP contribution in [-0.4, -0.2) is 10.7 Å². The van der Waals surface area contributed by atoms with E-state index in [-0.39, 0.29) is 5.54 Å². The van der Waals surface area contributed by atoms with Gasteiger partial charge in [-0.3, -0.25) is 0 Å². The average Bonchev–Trinajstić information content (AvgIpc) is 2.78. The fourth-order valence-electron chi connectivity index (χ4n) is 1.54. The van der Waals surface area contributed by atoms with Gasteiger partial charge in [-0.05, 0) is 39.0 Å². The van der Waals surface area contributed by atoms with E-state index in [1.54, 1.807) is 12.1 Å². The highest BCUT2D eigenvalue weighted by molar-refractivity contribution is 6.42. The van der Waals surface area contributed by atoms with Gasteiger partial charge in [-0.15, -0.1) is 0 Å². The van der Waals surface area contributed by atoms with E-state index in [1.807, 2.05) is 12.1 Å². The highest BCUT2D eigenvalue weighted by Crippen LogP contribution is 2.28. The van der Waals surface area contributed by atoms with Crippen LogP contribution in [0.5, 0.6) is 0 Å². The SMILES string of the molecule is CC(C)(C)NCc1cc(-c2ccc(Cl)c(Cl)c2)on1. The molecule has 0 saturated carbocycles. The first-order valence-electron chi connectivity index (χ1n) is 6.01. The van der Waals surface area contributed by atoms with Crippen LogP contribution in [0, 0.1) is 0 Å². The number of aromatic nitrogens is 1. The summed E-state index contributed by atoms with van der Waals surface area (Å²) in [5.74, 6) is 0.685. The van der Waals surface area contributed by atoms with Gasteiger partial charge in [0.25, 0.3) is 0 Å². The van der Waals surface area contributed by atoms with Gasteiger partial charge < -0.3 is 9.84 Å². The van der Waals surface area contributed by atoms with E-state index in [0.29, 0.717) is 22.4 Å². The summed E-state index contributed by atoms with van der Waals surface area (Å²) >= 11 is 11.9. The van der Waals surface area contributed by atoms with Crippen molar-refractivity contribution in [2.45, 2.75) is 32.9 Å². The molecular formula is C14H16Cl2N2O. The molecule has 1 N–H and O–H groups in total. The first kappa shape index (κ1) is 14.4. The maximum atomic E-state index is 5.99. The lowest BCUT2D eigenvalue weighted by atomic mass is 10.1. The quantitative estimate of drug-likeness (QED) is 0.904. The minimum atomic E-state index is 0.0443. The number of hydrogen-bond donors (Lipinski definition) is 1. The zero-order valence-corrected chi connectivity index (χ0v) is 12.6. The van der Waals surface area contributed by atoms with Crippen molar-refractivity contribution in [2.75, 3.05) is 0 Å². The van der Waals surface area contributed by atoms with Gasteiger partial charge >= 0.3 is 0 Å². The van der Waals surface area contributed by atoms with E-state index in [4.69, 9.17) is 27.7 Å². The van der Waals surface area contributed by atoms with Gasteiger partial charge in [0.15, 0.2) is 5.76 Å². The monoisotopic (exact) mass is 298 g/mol. The number of nitrogens with one attached hydrogen (secondary N) is 1. The molecule has 0 atom stereocenters. The van der Waals surface area contributed by atoms with E-state index in [2.05, 4.69) is 31.2 Å². The second kappa shape index (κ2) is 5.53. The number of rotatable bonds is 3. The van der Waals surface area contributed by atoms with Gasteiger partial charge in [0, 0.05) is 23.7 Å². The highest BCUT2D eigenvalue weighted by Gasteiger charge is 2.12. The van der Waals surface area contributed by atoms with Gasteiger partial charge in [0.2, 0.25) is 0 Å². The Balaban J connectivity index is 2.14. The van der Waals surface area contributed by atoms with Crippen molar-refractivity contribution >= 4 is 23.2 Å². The Bertz CT molecular complexity index is 573. The number of nitrogens with zero attached hydrogens (tertiary/aromatic N) is 1. The molecule has 0 radical (unpaired) electrons. The molecule has 102 valence electrons. The molecule has 2 rings (SSSR count). The van der Waals surface area contributed by atoms with Gasteiger partial charge in [0.1, 0.15) is 0 Å². The largest absolute Gasteiger partial charge is 0.356 e. The maximum absolute atomic E-state index is 5.99. The topological polar surface area (TPSA) is 38.1 Å². The summed E-state index contributed by atoms with van der Waals surface area (Å²) in [6.07, 6.45) is 0. The summed E-state index contributed by atoms with van der Waals surface area (Å²) in [4.78, 5) is 0. The smallest absolute Gasteiger partial charge is 0.167 e. The van der Waals surface area contributed by atoms with Crippen LogP contribution in [0.25, 0.3) is 11.3 Å². The summed E-state index contributed by atoms with van der Waals surface area (Å²) in [5.41, 5.74) is 1.77. The van der Waals surface area contributed by atoms with Crippen molar-refractivity contribution in [1.29, 1.82) is 0 Å². The zero-order chi connectivity index (χ0) is 14.0. The molecule has 0 bridgehead atoms. The number of hydrogen-bond acceptors (Lipinski definition) is 3. The third kappa shape index (κ3) is 3.96. The Labute approximate surface area is 122 Å². The molecule has 0 amide bonds. The third-order valence-electron chi connectivity index (χ3n) is 2.56. The standard InChI is InChI=1S/C14H16Cl2N2O/c1-14(2,3)17-8-10-7-13(19-18-10)9-4-5-11(15)12(16)6-9/h4-7,17H,8H2,1-3H3. The van der Waals surface area contributed by atoms with E-state index < -0.39 is 0 Å². The Hall–Kier alpha value is -1.03. The molecule has 0 fully saturated rings. The van der Waals surface area contributed by atoms with E-state index in [9.17, 15) is 0 Å². The van der Waals surface area contributed by atoms with Gasteiger partial charge in [-0.25, -0.2) is 0 Å². The zero-order valence-electron chi connectivity index (χ0n) is 11.1. The van der Waals surface area contributed by atoms with Crippen LogP contribution < -0.4 is 5.32 Å². The molecule has 0 spiro atoms. The second-order valence-corrected chi connectivity index (χ2v) is 6.23. The van der Waals surface area contributed by atoms with Crippen molar-refractivity contribution in [3.8, 4) is 11.3 Å². The second-order valence-electron chi connectivity index (χ2n) is 5.41. The summed E-state index contributed by atoms with van der Waals surface area (Å²) in [6.45, 7) is 6.97. The molecular weight excluding hydrogens is 283 g/mol. The molecule has 5 heteroatoms. The van der Waals surface area contributed by atoms with E-state index in [1.165, 1.54) is 0 Å². The first-order chi connectivity index (χ1) is 8.85. The van der Waals surface area contributed by atoms with Crippen molar-refractivity contribution in [3.63, 3.8) is 0 Å². The van der Waals surface area contributed by atoms with Crippen LogP contribution in [-0.2, 0) is 6.54 Å². The van der Waals surface area contributed by atoms with Gasteiger partial charge in [-0.2, -0.15) is 0 Å². The third-order valence-corrected chi connectivity index (χ3v) is 3.30. The van der Waals surface area contributed by atoms with Crippen molar-refractivity contribution in [1.82, 2.24) is 10.5 Å².